The van der Waals surface area contributed by atoms with Crippen LogP contribution < -0.4 is 5.73 Å². The Morgan fingerprint density at radius 1 is 1.55 bits per heavy atom. The number of hydrogen-bond acceptors (Lipinski definition) is 3. The van der Waals surface area contributed by atoms with Crippen LogP contribution in [0.3, 0.4) is 0 Å². The third-order valence-electron chi connectivity index (χ3n) is 1.36. The van der Waals surface area contributed by atoms with Crippen molar-refractivity contribution in [3.8, 4) is 5.88 Å². The molecule has 0 amide bonds. The van der Waals surface area contributed by atoms with E-state index in [1.807, 2.05) is 0 Å². The monoisotopic (exact) mass is 149 g/mol. The predicted octanol–water partition coefficient (Wildman–Crippen LogP) is 1.05. The first-order valence-electron chi connectivity index (χ1n) is 3.18. The Labute approximate surface area is 63.3 Å². The summed E-state index contributed by atoms with van der Waals surface area (Å²) in [5.41, 5.74) is 6.08. The second-order valence-corrected chi connectivity index (χ2v) is 2.19. The second-order valence-electron chi connectivity index (χ2n) is 2.19. The molecular formula is C7H7N3O. The van der Waals surface area contributed by atoms with Crippen molar-refractivity contribution in [2.45, 2.75) is 0 Å². The molecule has 0 aliphatic rings. The zero-order chi connectivity index (χ0) is 7.68. The standard InChI is InChI=1S/C7H7N3O/c8-6-3-7(11-4-6)10-2-1-9-5-10/h1-5H,8H2. The van der Waals surface area contributed by atoms with E-state index >= 15 is 0 Å². The van der Waals surface area contributed by atoms with Crippen molar-refractivity contribution in [1.29, 1.82) is 0 Å². The number of nitrogens with zero attached hydrogens (tertiary/aromatic N) is 2. The van der Waals surface area contributed by atoms with Gasteiger partial charge in [-0.3, -0.25) is 4.57 Å². The Balaban J connectivity index is 2.45. The van der Waals surface area contributed by atoms with Crippen LogP contribution in [-0.4, -0.2) is 9.55 Å². The van der Waals surface area contributed by atoms with Crippen molar-refractivity contribution >= 4 is 5.69 Å². The zero-order valence-corrected chi connectivity index (χ0v) is 5.77. The van der Waals surface area contributed by atoms with E-state index in [4.69, 9.17) is 10.2 Å². The molecule has 0 radical (unpaired) electrons. The van der Waals surface area contributed by atoms with Crippen LogP contribution in [0.2, 0.25) is 0 Å². The number of hydrogen-bond donors (Lipinski definition) is 1. The first-order valence-corrected chi connectivity index (χ1v) is 3.18. The molecule has 0 bridgehead atoms. The molecule has 0 saturated heterocycles. The topological polar surface area (TPSA) is 57.0 Å². The quantitative estimate of drug-likeness (QED) is 0.659. The molecule has 2 rings (SSSR count). The molecule has 0 aliphatic carbocycles. The highest BCUT2D eigenvalue weighted by atomic mass is 16.3. The van der Waals surface area contributed by atoms with Crippen LogP contribution in [0.1, 0.15) is 0 Å². The van der Waals surface area contributed by atoms with Crippen molar-refractivity contribution in [1.82, 2.24) is 9.55 Å². The van der Waals surface area contributed by atoms with E-state index in [9.17, 15) is 0 Å². The van der Waals surface area contributed by atoms with Crippen molar-refractivity contribution in [2.75, 3.05) is 5.73 Å². The van der Waals surface area contributed by atoms with Gasteiger partial charge in [0.15, 0.2) is 0 Å². The SMILES string of the molecule is Nc1coc(-n2ccnc2)c1. The molecule has 2 aromatic rings. The molecule has 4 heteroatoms. The Hall–Kier alpha value is -1.71. The average Bonchev–Trinajstić information content (AvgIpc) is 2.55. The maximum absolute atomic E-state index is 5.46. The van der Waals surface area contributed by atoms with E-state index in [1.54, 1.807) is 29.4 Å². The fraction of sp³-hybridized carbons (Fsp3) is 0. The molecule has 0 fully saturated rings. The number of furan rings is 1. The number of aromatic nitrogens is 2. The zero-order valence-electron chi connectivity index (χ0n) is 5.77. The van der Waals surface area contributed by atoms with Gasteiger partial charge in [0.25, 0.3) is 0 Å². The van der Waals surface area contributed by atoms with Gasteiger partial charge in [-0.15, -0.1) is 0 Å². The molecule has 2 N–H and O–H groups in total. The van der Waals surface area contributed by atoms with Crippen LogP contribution in [-0.2, 0) is 0 Å². The maximum atomic E-state index is 5.46. The molecule has 0 aliphatic heterocycles. The van der Waals surface area contributed by atoms with Crippen molar-refractivity contribution in [3.63, 3.8) is 0 Å². The van der Waals surface area contributed by atoms with Gasteiger partial charge < -0.3 is 10.2 Å². The number of anilines is 1. The van der Waals surface area contributed by atoms with Crippen LogP contribution in [0.5, 0.6) is 0 Å². The van der Waals surface area contributed by atoms with Crippen LogP contribution in [0.25, 0.3) is 5.88 Å². The summed E-state index contributed by atoms with van der Waals surface area (Å²) in [6, 6.07) is 1.74. The first-order chi connectivity index (χ1) is 5.36. The highest BCUT2D eigenvalue weighted by molar-refractivity contribution is 5.40. The van der Waals surface area contributed by atoms with E-state index in [0.717, 1.165) is 0 Å². The molecule has 2 heterocycles. The average molecular weight is 149 g/mol. The van der Waals surface area contributed by atoms with E-state index in [-0.39, 0.29) is 0 Å². The summed E-state index contributed by atoms with van der Waals surface area (Å²) in [4.78, 5) is 3.87. The summed E-state index contributed by atoms with van der Waals surface area (Å²) >= 11 is 0. The Kier molecular flexibility index (Phi) is 1.18. The molecule has 4 nitrogen and oxygen atoms in total. The molecule has 0 spiro atoms. The predicted molar refractivity (Wildman–Crippen MR) is 40.2 cm³/mol. The van der Waals surface area contributed by atoms with Gasteiger partial charge >= 0.3 is 0 Å². The molecular weight excluding hydrogens is 142 g/mol. The third-order valence-corrected chi connectivity index (χ3v) is 1.36. The van der Waals surface area contributed by atoms with Crippen molar-refractivity contribution in [3.05, 3.63) is 31.1 Å². The third kappa shape index (κ3) is 0.980. The van der Waals surface area contributed by atoms with Gasteiger partial charge in [-0.25, -0.2) is 4.98 Å². The highest BCUT2D eigenvalue weighted by Crippen LogP contribution is 2.12. The van der Waals surface area contributed by atoms with Crippen LogP contribution in [0.4, 0.5) is 5.69 Å². The van der Waals surface area contributed by atoms with Gasteiger partial charge in [0.2, 0.25) is 5.88 Å². The molecule has 0 atom stereocenters. The summed E-state index contributed by atoms with van der Waals surface area (Å²) in [6.45, 7) is 0. The Bertz CT molecular complexity index is 336. The van der Waals surface area contributed by atoms with Gasteiger partial charge in [0, 0.05) is 18.5 Å². The second kappa shape index (κ2) is 2.16. The minimum atomic E-state index is 0.619. The maximum Gasteiger partial charge on any atom is 0.206 e. The van der Waals surface area contributed by atoms with E-state index in [0.29, 0.717) is 11.6 Å². The van der Waals surface area contributed by atoms with Crippen molar-refractivity contribution < 1.29 is 4.42 Å². The minimum absolute atomic E-state index is 0.619. The number of rotatable bonds is 1. The minimum Gasteiger partial charge on any atom is -0.446 e. The number of nitrogens with two attached hydrogens (primary N) is 1. The fourth-order valence-corrected chi connectivity index (χ4v) is 0.864. The van der Waals surface area contributed by atoms with Crippen LogP contribution >= 0.6 is 0 Å². The van der Waals surface area contributed by atoms with Gasteiger partial charge in [0.1, 0.15) is 12.6 Å². The van der Waals surface area contributed by atoms with Crippen LogP contribution in [0.15, 0.2) is 35.5 Å². The summed E-state index contributed by atoms with van der Waals surface area (Å²) in [5.74, 6) is 0.681. The highest BCUT2D eigenvalue weighted by Gasteiger charge is 1.98. The molecule has 56 valence electrons. The molecule has 11 heavy (non-hydrogen) atoms. The summed E-state index contributed by atoms with van der Waals surface area (Å²) in [7, 11) is 0. The van der Waals surface area contributed by atoms with Gasteiger partial charge in [-0.05, 0) is 0 Å². The molecule has 2 aromatic heterocycles. The molecule has 0 saturated carbocycles. The summed E-state index contributed by atoms with van der Waals surface area (Å²) < 4.78 is 6.85. The first kappa shape index (κ1) is 6.03. The van der Waals surface area contributed by atoms with Crippen LogP contribution in [0, 0.1) is 0 Å². The number of imidazole rings is 1. The van der Waals surface area contributed by atoms with Crippen molar-refractivity contribution in [2.24, 2.45) is 0 Å². The molecule has 0 unspecified atom stereocenters. The lowest BCUT2D eigenvalue weighted by molar-refractivity contribution is 0.539. The largest absolute Gasteiger partial charge is 0.446 e. The van der Waals surface area contributed by atoms with Gasteiger partial charge in [-0.1, -0.05) is 0 Å². The summed E-state index contributed by atoms with van der Waals surface area (Å²) in [6.07, 6.45) is 6.62. The Morgan fingerprint density at radius 2 is 2.45 bits per heavy atom. The van der Waals surface area contributed by atoms with Gasteiger partial charge in [0.05, 0.1) is 5.69 Å². The Morgan fingerprint density at radius 3 is 3.00 bits per heavy atom. The lowest BCUT2D eigenvalue weighted by Gasteiger charge is -1.91. The lowest BCUT2D eigenvalue weighted by atomic mass is 10.5. The lowest BCUT2D eigenvalue weighted by Crippen LogP contribution is -1.85. The number of nitrogen functional groups attached to an aromatic ring is 1. The summed E-state index contributed by atoms with van der Waals surface area (Å²) in [5, 5.41) is 0. The van der Waals surface area contributed by atoms with E-state index < -0.39 is 0 Å². The fourth-order valence-electron chi connectivity index (χ4n) is 0.864. The molecule has 0 aromatic carbocycles. The smallest absolute Gasteiger partial charge is 0.206 e. The van der Waals surface area contributed by atoms with Gasteiger partial charge in [-0.2, -0.15) is 0 Å². The normalized spacial score (nSPS) is 10.2. The van der Waals surface area contributed by atoms with E-state index in [1.165, 1.54) is 6.26 Å². The van der Waals surface area contributed by atoms with E-state index in [2.05, 4.69) is 4.98 Å².